The second kappa shape index (κ2) is 4.52. The van der Waals surface area contributed by atoms with Crippen LogP contribution in [-0.2, 0) is 4.74 Å². The molecule has 88 valence electrons. The molecule has 1 heterocycles. The van der Waals surface area contributed by atoms with Crippen LogP contribution < -0.4 is 5.73 Å². The highest BCUT2D eigenvalue weighted by Crippen LogP contribution is 2.37. The van der Waals surface area contributed by atoms with E-state index in [-0.39, 0.29) is 11.2 Å². The van der Waals surface area contributed by atoms with E-state index < -0.39 is 0 Å². The first-order chi connectivity index (χ1) is 7.63. The zero-order valence-electron chi connectivity index (χ0n) is 9.58. The molecule has 1 aliphatic heterocycles. The lowest BCUT2D eigenvalue weighted by atomic mass is 9.77. The standard InChI is InChI=1S/C13H18FNO/c1-13(8-16-9-13)6-11(7-15)10-2-4-12(14)5-3-10/h2-5,11H,6-9,15H2,1H3. The van der Waals surface area contributed by atoms with Gasteiger partial charge in [-0.2, -0.15) is 0 Å². The predicted molar refractivity (Wildman–Crippen MR) is 61.7 cm³/mol. The third-order valence-electron chi connectivity index (χ3n) is 3.27. The van der Waals surface area contributed by atoms with E-state index in [4.69, 9.17) is 10.5 Å². The van der Waals surface area contributed by atoms with E-state index in [2.05, 4.69) is 6.92 Å². The average molecular weight is 223 g/mol. The molecule has 0 radical (unpaired) electrons. The SMILES string of the molecule is CC1(CC(CN)c2ccc(F)cc2)COC1. The fourth-order valence-corrected chi connectivity index (χ4v) is 2.24. The monoisotopic (exact) mass is 223 g/mol. The van der Waals surface area contributed by atoms with E-state index in [0.717, 1.165) is 25.2 Å². The van der Waals surface area contributed by atoms with Crippen molar-refractivity contribution in [2.24, 2.45) is 11.1 Å². The maximum absolute atomic E-state index is 12.8. The Labute approximate surface area is 95.6 Å². The first-order valence-corrected chi connectivity index (χ1v) is 5.66. The van der Waals surface area contributed by atoms with Crippen LogP contribution in [0.3, 0.4) is 0 Å². The van der Waals surface area contributed by atoms with Crippen molar-refractivity contribution in [3.63, 3.8) is 0 Å². The summed E-state index contributed by atoms with van der Waals surface area (Å²) in [7, 11) is 0. The van der Waals surface area contributed by atoms with Gasteiger partial charge in [0.1, 0.15) is 5.82 Å². The summed E-state index contributed by atoms with van der Waals surface area (Å²) in [5.74, 6) is 0.104. The van der Waals surface area contributed by atoms with Gasteiger partial charge in [0.2, 0.25) is 0 Å². The highest BCUT2D eigenvalue weighted by molar-refractivity contribution is 5.21. The summed E-state index contributed by atoms with van der Waals surface area (Å²) in [6, 6.07) is 6.65. The van der Waals surface area contributed by atoms with Crippen molar-refractivity contribution >= 4 is 0 Å². The molecule has 2 rings (SSSR count). The summed E-state index contributed by atoms with van der Waals surface area (Å²) in [5, 5.41) is 0. The lowest BCUT2D eigenvalue weighted by molar-refractivity contribution is -0.108. The molecule has 1 aliphatic rings. The molecule has 3 heteroatoms. The van der Waals surface area contributed by atoms with E-state index in [1.165, 1.54) is 12.1 Å². The lowest BCUT2D eigenvalue weighted by Gasteiger charge is -2.40. The van der Waals surface area contributed by atoms with Gasteiger partial charge in [-0.15, -0.1) is 0 Å². The number of hydrogen-bond acceptors (Lipinski definition) is 2. The molecule has 0 amide bonds. The van der Waals surface area contributed by atoms with Crippen molar-refractivity contribution in [2.45, 2.75) is 19.3 Å². The van der Waals surface area contributed by atoms with Gasteiger partial charge < -0.3 is 10.5 Å². The van der Waals surface area contributed by atoms with Crippen molar-refractivity contribution in [2.75, 3.05) is 19.8 Å². The third kappa shape index (κ3) is 2.42. The normalized spacial score (nSPS) is 20.2. The topological polar surface area (TPSA) is 35.2 Å². The zero-order valence-corrected chi connectivity index (χ0v) is 9.58. The Bertz CT molecular complexity index is 345. The van der Waals surface area contributed by atoms with Crippen LogP contribution in [0.5, 0.6) is 0 Å². The highest BCUT2D eigenvalue weighted by atomic mass is 19.1. The minimum Gasteiger partial charge on any atom is -0.380 e. The second-order valence-electron chi connectivity index (χ2n) is 4.99. The summed E-state index contributed by atoms with van der Waals surface area (Å²) in [6.45, 7) is 4.43. The smallest absolute Gasteiger partial charge is 0.123 e. The second-order valence-corrected chi connectivity index (χ2v) is 4.99. The van der Waals surface area contributed by atoms with Crippen molar-refractivity contribution in [1.29, 1.82) is 0 Å². The number of hydrogen-bond donors (Lipinski definition) is 1. The molecule has 1 fully saturated rings. The maximum Gasteiger partial charge on any atom is 0.123 e. The molecule has 1 aromatic rings. The van der Waals surface area contributed by atoms with Gasteiger partial charge in [0.05, 0.1) is 13.2 Å². The Hall–Kier alpha value is -0.930. The van der Waals surface area contributed by atoms with E-state index >= 15 is 0 Å². The Morgan fingerprint density at radius 1 is 1.38 bits per heavy atom. The molecule has 1 atom stereocenters. The number of rotatable bonds is 4. The molecule has 1 aromatic carbocycles. The first kappa shape index (κ1) is 11.6. The van der Waals surface area contributed by atoms with E-state index in [0.29, 0.717) is 12.5 Å². The van der Waals surface area contributed by atoms with Crippen molar-refractivity contribution in [3.8, 4) is 0 Å². The molecule has 2 nitrogen and oxygen atoms in total. The van der Waals surface area contributed by atoms with Gasteiger partial charge in [0, 0.05) is 5.41 Å². The van der Waals surface area contributed by atoms with Gasteiger partial charge in [-0.25, -0.2) is 4.39 Å². The van der Waals surface area contributed by atoms with Crippen molar-refractivity contribution < 1.29 is 9.13 Å². The fourth-order valence-electron chi connectivity index (χ4n) is 2.24. The average Bonchev–Trinajstić information content (AvgIpc) is 2.25. The number of nitrogens with two attached hydrogens (primary N) is 1. The fraction of sp³-hybridized carbons (Fsp3) is 0.538. The van der Waals surface area contributed by atoms with Crippen molar-refractivity contribution in [3.05, 3.63) is 35.6 Å². The summed E-state index contributed by atoms with van der Waals surface area (Å²) in [6.07, 6.45) is 1.01. The van der Waals surface area contributed by atoms with Crippen LogP contribution in [0.15, 0.2) is 24.3 Å². The summed E-state index contributed by atoms with van der Waals surface area (Å²) in [4.78, 5) is 0. The maximum atomic E-state index is 12.8. The molecular weight excluding hydrogens is 205 g/mol. The number of benzene rings is 1. The molecule has 1 unspecified atom stereocenters. The van der Waals surface area contributed by atoms with Gasteiger partial charge in [-0.05, 0) is 36.6 Å². The third-order valence-corrected chi connectivity index (χ3v) is 3.27. The van der Waals surface area contributed by atoms with Crippen LogP contribution >= 0.6 is 0 Å². The van der Waals surface area contributed by atoms with Gasteiger partial charge in [0.25, 0.3) is 0 Å². The minimum atomic E-state index is -0.197. The Balaban J connectivity index is 2.07. The number of ether oxygens (including phenoxy) is 1. The van der Waals surface area contributed by atoms with Crippen LogP contribution in [0, 0.1) is 11.2 Å². The highest BCUT2D eigenvalue weighted by Gasteiger charge is 2.35. The quantitative estimate of drug-likeness (QED) is 0.850. The van der Waals surface area contributed by atoms with Gasteiger partial charge in [-0.3, -0.25) is 0 Å². The molecule has 0 bridgehead atoms. The molecule has 2 N–H and O–H groups in total. The van der Waals surface area contributed by atoms with Gasteiger partial charge in [-0.1, -0.05) is 19.1 Å². The predicted octanol–water partition coefficient (Wildman–Crippen LogP) is 2.29. The van der Waals surface area contributed by atoms with Crippen LogP contribution in [0.25, 0.3) is 0 Å². The number of halogens is 1. The van der Waals surface area contributed by atoms with Crippen molar-refractivity contribution in [1.82, 2.24) is 0 Å². The van der Waals surface area contributed by atoms with E-state index in [1.807, 2.05) is 12.1 Å². The van der Waals surface area contributed by atoms with E-state index in [1.54, 1.807) is 0 Å². The lowest BCUT2D eigenvalue weighted by Crippen LogP contribution is -2.41. The Kier molecular flexibility index (Phi) is 3.26. The van der Waals surface area contributed by atoms with E-state index in [9.17, 15) is 4.39 Å². The molecule has 16 heavy (non-hydrogen) atoms. The Morgan fingerprint density at radius 2 is 2.00 bits per heavy atom. The molecule has 0 spiro atoms. The minimum absolute atomic E-state index is 0.197. The van der Waals surface area contributed by atoms with Gasteiger partial charge in [0.15, 0.2) is 0 Å². The van der Waals surface area contributed by atoms with Crippen LogP contribution in [0.1, 0.15) is 24.8 Å². The molecule has 0 aromatic heterocycles. The largest absolute Gasteiger partial charge is 0.380 e. The molecule has 0 aliphatic carbocycles. The first-order valence-electron chi connectivity index (χ1n) is 5.66. The molecule has 1 saturated heterocycles. The summed E-state index contributed by atoms with van der Waals surface area (Å²) < 4.78 is 18.1. The van der Waals surface area contributed by atoms with Crippen LogP contribution in [0.2, 0.25) is 0 Å². The Morgan fingerprint density at radius 3 is 2.44 bits per heavy atom. The summed E-state index contributed by atoms with van der Waals surface area (Å²) >= 11 is 0. The van der Waals surface area contributed by atoms with Gasteiger partial charge >= 0.3 is 0 Å². The van der Waals surface area contributed by atoms with Crippen LogP contribution in [-0.4, -0.2) is 19.8 Å². The summed E-state index contributed by atoms with van der Waals surface area (Å²) in [5.41, 5.74) is 7.16. The zero-order chi connectivity index (χ0) is 11.6. The van der Waals surface area contributed by atoms with Crippen LogP contribution in [0.4, 0.5) is 4.39 Å². The molecular formula is C13H18FNO. The molecule has 0 saturated carbocycles.